The van der Waals surface area contributed by atoms with E-state index in [0.717, 1.165) is 37.0 Å². The van der Waals surface area contributed by atoms with Crippen LogP contribution in [0.2, 0.25) is 0 Å². The van der Waals surface area contributed by atoms with Crippen LogP contribution in [0.1, 0.15) is 20.8 Å². The third-order valence-corrected chi connectivity index (χ3v) is 4.52. The third-order valence-electron chi connectivity index (χ3n) is 3.39. The number of nitrogens with one attached hydrogen (secondary N) is 1. The number of hydrogen-bond donors (Lipinski definition) is 1. The number of aromatic nitrogens is 2. The Morgan fingerprint density at radius 2 is 1.80 bits per heavy atom. The summed E-state index contributed by atoms with van der Waals surface area (Å²) >= 11 is 0. The number of ketones is 2. The van der Waals surface area contributed by atoms with E-state index in [1.54, 1.807) is 0 Å². The van der Waals surface area contributed by atoms with E-state index in [1.807, 2.05) is 0 Å². The highest BCUT2D eigenvalue weighted by Crippen LogP contribution is 2.29. The number of fused-ring (bicyclic) bond motifs is 1. The molecule has 128 valence electrons. The van der Waals surface area contributed by atoms with Crippen LogP contribution in [0.25, 0.3) is 0 Å². The van der Waals surface area contributed by atoms with Crippen molar-refractivity contribution in [3.8, 4) is 0 Å². The van der Waals surface area contributed by atoms with Gasteiger partial charge in [-0.1, -0.05) is 0 Å². The topological polar surface area (TPSA) is 106 Å². The van der Waals surface area contributed by atoms with Gasteiger partial charge in [0.2, 0.25) is 11.6 Å². The molecule has 25 heavy (non-hydrogen) atoms. The van der Waals surface area contributed by atoms with Gasteiger partial charge in [-0.05, 0) is 12.1 Å². The van der Waals surface area contributed by atoms with Crippen molar-refractivity contribution in [1.82, 2.24) is 9.97 Å². The molecule has 1 aromatic carbocycles. The SMILES string of the molecule is CS(=O)(=O)C1=C(Nc2ccc(F)c(F)c2)C(=O)c2cncnc2C1=O. The first kappa shape index (κ1) is 16.8. The normalized spacial score (nSPS) is 14.5. The van der Waals surface area contributed by atoms with Crippen molar-refractivity contribution in [2.45, 2.75) is 0 Å². The van der Waals surface area contributed by atoms with Crippen molar-refractivity contribution in [1.29, 1.82) is 0 Å². The van der Waals surface area contributed by atoms with Crippen LogP contribution in [0.4, 0.5) is 14.5 Å². The van der Waals surface area contributed by atoms with Gasteiger partial charge in [0, 0.05) is 24.2 Å². The van der Waals surface area contributed by atoms with E-state index in [0.29, 0.717) is 0 Å². The zero-order valence-corrected chi connectivity index (χ0v) is 13.4. The lowest BCUT2D eigenvalue weighted by Gasteiger charge is -2.20. The monoisotopic (exact) mass is 365 g/mol. The van der Waals surface area contributed by atoms with Gasteiger partial charge in [0.25, 0.3) is 0 Å². The van der Waals surface area contributed by atoms with Gasteiger partial charge >= 0.3 is 0 Å². The van der Waals surface area contributed by atoms with Crippen LogP contribution >= 0.6 is 0 Å². The van der Waals surface area contributed by atoms with Gasteiger partial charge in [0.05, 0.1) is 5.56 Å². The van der Waals surface area contributed by atoms with Crippen molar-refractivity contribution in [2.75, 3.05) is 11.6 Å². The molecule has 0 saturated heterocycles. The van der Waals surface area contributed by atoms with Gasteiger partial charge in [-0.3, -0.25) is 9.59 Å². The highest BCUT2D eigenvalue weighted by molar-refractivity contribution is 7.95. The Bertz CT molecular complexity index is 1060. The lowest BCUT2D eigenvalue weighted by molar-refractivity contribution is 0.0977. The molecule has 0 atom stereocenters. The van der Waals surface area contributed by atoms with Crippen molar-refractivity contribution < 1.29 is 26.8 Å². The summed E-state index contributed by atoms with van der Waals surface area (Å²) < 4.78 is 50.4. The largest absolute Gasteiger partial charge is 0.351 e. The summed E-state index contributed by atoms with van der Waals surface area (Å²) in [6, 6.07) is 2.63. The number of allylic oxidation sites excluding steroid dienone is 2. The Morgan fingerprint density at radius 3 is 2.44 bits per heavy atom. The Labute approximate surface area is 140 Å². The number of sulfone groups is 1. The van der Waals surface area contributed by atoms with Gasteiger partial charge in [0.15, 0.2) is 21.5 Å². The van der Waals surface area contributed by atoms with Crippen LogP contribution in [-0.2, 0) is 9.84 Å². The standard InChI is InChI=1S/C15H9F2N3O4S/c1-25(23,24)15-12(20-7-2-3-9(16)10(17)4-7)13(21)8-5-18-6-19-11(8)14(15)22/h2-6,20H,1H3. The van der Waals surface area contributed by atoms with Crippen LogP contribution in [0.3, 0.4) is 0 Å². The molecule has 3 rings (SSSR count). The summed E-state index contributed by atoms with van der Waals surface area (Å²) in [7, 11) is -4.12. The quantitative estimate of drug-likeness (QED) is 0.878. The van der Waals surface area contributed by atoms with Gasteiger partial charge in [-0.2, -0.15) is 0 Å². The fourth-order valence-electron chi connectivity index (χ4n) is 2.32. The van der Waals surface area contributed by atoms with Gasteiger partial charge < -0.3 is 5.32 Å². The minimum Gasteiger partial charge on any atom is -0.351 e. The van der Waals surface area contributed by atoms with Crippen LogP contribution in [0, 0.1) is 11.6 Å². The highest BCUT2D eigenvalue weighted by Gasteiger charge is 2.38. The van der Waals surface area contributed by atoms with E-state index in [1.165, 1.54) is 0 Å². The first-order chi connectivity index (χ1) is 11.7. The molecule has 1 heterocycles. The number of rotatable bonds is 3. The molecule has 0 spiro atoms. The Balaban J connectivity index is 2.20. The second-order valence-electron chi connectivity index (χ2n) is 5.17. The molecule has 0 aliphatic heterocycles. The predicted octanol–water partition coefficient (Wildman–Crippen LogP) is 1.50. The predicted molar refractivity (Wildman–Crippen MR) is 82.5 cm³/mol. The number of carbonyl (C=O) groups is 2. The van der Waals surface area contributed by atoms with Crippen molar-refractivity contribution in [2.24, 2.45) is 0 Å². The average Bonchev–Trinajstić information content (AvgIpc) is 2.54. The number of Topliss-reactive ketones (excluding diaryl/α,β-unsaturated/α-hetero) is 2. The van der Waals surface area contributed by atoms with Crippen LogP contribution in [-0.4, -0.2) is 36.2 Å². The first-order valence-corrected chi connectivity index (χ1v) is 8.65. The smallest absolute Gasteiger partial charge is 0.225 e. The van der Waals surface area contributed by atoms with Gasteiger partial charge in [-0.25, -0.2) is 27.2 Å². The molecule has 1 N–H and O–H groups in total. The van der Waals surface area contributed by atoms with Crippen LogP contribution in [0.5, 0.6) is 0 Å². The second-order valence-corrected chi connectivity index (χ2v) is 7.13. The Morgan fingerprint density at radius 1 is 1.08 bits per heavy atom. The zero-order valence-electron chi connectivity index (χ0n) is 12.6. The molecule has 1 aromatic heterocycles. The Hall–Kier alpha value is -3.01. The minimum atomic E-state index is -4.12. The van der Waals surface area contributed by atoms with E-state index >= 15 is 0 Å². The van der Waals surface area contributed by atoms with Crippen LogP contribution in [0.15, 0.2) is 41.3 Å². The minimum absolute atomic E-state index is 0.100. The average molecular weight is 365 g/mol. The summed E-state index contributed by atoms with van der Waals surface area (Å²) in [6.45, 7) is 0. The maximum atomic E-state index is 13.4. The molecule has 10 heteroatoms. The summed E-state index contributed by atoms with van der Waals surface area (Å²) in [4.78, 5) is 31.6. The lowest BCUT2D eigenvalue weighted by atomic mass is 9.98. The maximum absolute atomic E-state index is 13.4. The van der Waals surface area contributed by atoms with Crippen molar-refractivity contribution in [3.63, 3.8) is 0 Å². The summed E-state index contributed by atoms with van der Waals surface area (Å²) in [5.41, 5.74) is -1.20. The van der Waals surface area contributed by atoms with E-state index in [4.69, 9.17) is 0 Å². The number of carbonyl (C=O) groups excluding carboxylic acids is 2. The zero-order chi connectivity index (χ0) is 18.4. The van der Waals surface area contributed by atoms with E-state index in [2.05, 4.69) is 15.3 Å². The summed E-state index contributed by atoms with van der Waals surface area (Å²) in [5.74, 6) is -4.15. The number of anilines is 1. The molecule has 7 nitrogen and oxygen atoms in total. The molecule has 0 saturated carbocycles. The molecule has 0 bridgehead atoms. The summed E-state index contributed by atoms with van der Waals surface area (Å²) in [6.07, 6.45) is 2.85. The molecule has 1 aliphatic carbocycles. The number of hydrogen-bond acceptors (Lipinski definition) is 7. The van der Waals surface area contributed by atoms with Gasteiger partial charge in [-0.15, -0.1) is 0 Å². The number of halogens is 2. The molecule has 0 fully saturated rings. The molecule has 0 radical (unpaired) electrons. The van der Waals surface area contributed by atoms with E-state index < -0.39 is 43.6 Å². The second kappa shape index (κ2) is 5.81. The number of nitrogens with zero attached hydrogens (tertiary/aromatic N) is 2. The lowest BCUT2D eigenvalue weighted by Crippen LogP contribution is -2.30. The summed E-state index contributed by atoms with van der Waals surface area (Å²) in [5, 5.41) is 2.39. The van der Waals surface area contributed by atoms with Crippen molar-refractivity contribution in [3.05, 3.63) is 64.2 Å². The highest BCUT2D eigenvalue weighted by atomic mass is 32.2. The molecule has 0 unspecified atom stereocenters. The van der Waals surface area contributed by atoms with E-state index in [-0.39, 0.29) is 16.9 Å². The molecular formula is C15H9F2N3O4S. The fourth-order valence-corrected chi connectivity index (χ4v) is 3.27. The van der Waals surface area contributed by atoms with Crippen molar-refractivity contribution >= 4 is 27.1 Å². The third kappa shape index (κ3) is 2.91. The maximum Gasteiger partial charge on any atom is 0.225 e. The van der Waals surface area contributed by atoms with Crippen LogP contribution < -0.4 is 5.32 Å². The molecule has 1 aliphatic rings. The number of benzene rings is 1. The van der Waals surface area contributed by atoms with E-state index in [9.17, 15) is 26.8 Å². The first-order valence-electron chi connectivity index (χ1n) is 6.76. The molecular weight excluding hydrogens is 356 g/mol. The molecule has 2 aromatic rings. The molecule has 0 amide bonds. The van der Waals surface area contributed by atoms with Gasteiger partial charge in [0.1, 0.15) is 22.6 Å². The fraction of sp³-hybridized carbons (Fsp3) is 0.0667. The Kier molecular flexibility index (Phi) is 3.91.